The summed E-state index contributed by atoms with van der Waals surface area (Å²) in [6, 6.07) is 6.05. The molecule has 2 fully saturated rings. The largest absolute Gasteiger partial charge is 0.339 e. The Morgan fingerprint density at radius 3 is 2.95 bits per heavy atom. The van der Waals surface area contributed by atoms with Crippen LogP contribution in [0, 0.1) is 12.8 Å². The van der Waals surface area contributed by atoms with Crippen LogP contribution in [0.5, 0.6) is 0 Å². The van der Waals surface area contributed by atoms with Crippen molar-refractivity contribution in [1.82, 2.24) is 16.2 Å². The molecule has 2 amide bonds. The van der Waals surface area contributed by atoms with Crippen molar-refractivity contribution in [3.63, 3.8) is 0 Å². The van der Waals surface area contributed by atoms with Gasteiger partial charge in [0.2, 0.25) is 11.8 Å². The summed E-state index contributed by atoms with van der Waals surface area (Å²) in [6.45, 7) is 2.68. The molecule has 3 heterocycles. The van der Waals surface area contributed by atoms with Gasteiger partial charge in [0.25, 0.3) is 0 Å². The van der Waals surface area contributed by atoms with Crippen molar-refractivity contribution in [2.45, 2.75) is 24.9 Å². The number of anilines is 1. The van der Waals surface area contributed by atoms with E-state index in [0.29, 0.717) is 6.54 Å². The minimum Gasteiger partial charge on any atom is -0.339 e. The fourth-order valence-corrected chi connectivity index (χ4v) is 4.05. The van der Waals surface area contributed by atoms with Gasteiger partial charge in [0.15, 0.2) is 0 Å². The molecule has 6 nitrogen and oxygen atoms in total. The molecule has 0 aliphatic carbocycles. The van der Waals surface area contributed by atoms with Gasteiger partial charge in [-0.25, -0.2) is 5.43 Å². The molecule has 3 atom stereocenters. The number of amides is 2. The van der Waals surface area contributed by atoms with E-state index in [4.69, 9.17) is 0 Å². The summed E-state index contributed by atoms with van der Waals surface area (Å²) in [5.41, 5.74) is 8.42. The molecule has 0 radical (unpaired) electrons. The van der Waals surface area contributed by atoms with Gasteiger partial charge in [0.1, 0.15) is 0 Å². The molecule has 2 saturated heterocycles. The van der Waals surface area contributed by atoms with Crippen molar-refractivity contribution in [1.29, 1.82) is 0 Å². The van der Waals surface area contributed by atoms with Crippen LogP contribution in [0.4, 0.5) is 5.69 Å². The van der Waals surface area contributed by atoms with Gasteiger partial charge in [-0.05, 0) is 18.6 Å². The molecular formula is C15H18N4O2. The van der Waals surface area contributed by atoms with E-state index in [1.165, 1.54) is 0 Å². The summed E-state index contributed by atoms with van der Waals surface area (Å²) in [7, 11) is 1.79. The smallest absolute Gasteiger partial charge is 0.238 e. The van der Waals surface area contributed by atoms with E-state index in [0.717, 1.165) is 16.8 Å². The highest BCUT2D eigenvalue weighted by molar-refractivity contribution is 6.10. The Hall–Kier alpha value is -1.92. The van der Waals surface area contributed by atoms with Gasteiger partial charge in [-0.15, -0.1) is 0 Å². The second kappa shape index (κ2) is 4.05. The maximum atomic E-state index is 13.0. The SMILES string of the molecule is Cc1ccc2c(c1)C1(CC(=O)NC3NNCC31)C(=O)N2C. The lowest BCUT2D eigenvalue weighted by molar-refractivity contribution is -0.135. The molecule has 6 heteroatoms. The van der Waals surface area contributed by atoms with Crippen LogP contribution in [0.25, 0.3) is 0 Å². The van der Waals surface area contributed by atoms with Gasteiger partial charge in [-0.3, -0.25) is 15.0 Å². The lowest BCUT2D eigenvalue weighted by Crippen LogP contribution is -2.61. The van der Waals surface area contributed by atoms with E-state index in [1.807, 2.05) is 19.1 Å². The van der Waals surface area contributed by atoms with Crippen LogP contribution < -0.4 is 21.1 Å². The monoisotopic (exact) mass is 286 g/mol. The Balaban J connectivity index is 1.96. The zero-order chi connectivity index (χ0) is 14.8. The van der Waals surface area contributed by atoms with Gasteiger partial charge >= 0.3 is 0 Å². The first-order valence-electron chi connectivity index (χ1n) is 7.21. The first kappa shape index (κ1) is 12.8. The fourth-order valence-electron chi connectivity index (χ4n) is 4.05. The van der Waals surface area contributed by atoms with Crippen LogP contribution >= 0.6 is 0 Å². The fraction of sp³-hybridized carbons (Fsp3) is 0.467. The molecule has 3 aliphatic heterocycles. The van der Waals surface area contributed by atoms with Crippen molar-refractivity contribution >= 4 is 17.5 Å². The number of rotatable bonds is 0. The number of likely N-dealkylation sites (N-methyl/N-ethyl adjacent to an activating group) is 1. The standard InChI is InChI=1S/C15H18N4O2/c1-8-3-4-11-9(5-8)15(14(21)19(11)2)6-12(20)17-13-10(15)7-16-18-13/h3-5,10,13,16,18H,6-7H2,1-2H3,(H,17,20). The molecule has 1 aromatic carbocycles. The summed E-state index contributed by atoms with van der Waals surface area (Å²) in [6.07, 6.45) is 0.0204. The molecule has 3 N–H and O–H groups in total. The molecule has 110 valence electrons. The van der Waals surface area contributed by atoms with Gasteiger partial charge in [0, 0.05) is 31.6 Å². The molecule has 3 unspecified atom stereocenters. The summed E-state index contributed by atoms with van der Waals surface area (Å²) in [5, 5.41) is 2.93. The highest BCUT2D eigenvalue weighted by atomic mass is 16.2. The third kappa shape index (κ3) is 1.49. The Kier molecular flexibility index (Phi) is 2.47. The van der Waals surface area contributed by atoms with Gasteiger partial charge in [0.05, 0.1) is 11.6 Å². The Bertz CT molecular complexity index is 659. The maximum Gasteiger partial charge on any atom is 0.238 e. The maximum absolute atomic E-state index is 13.0. The van der Waals surface area contributed by atoms with E-state index in [1.54, 1.807) is 11.9 Å². The predicted octanol–water partition coefficient (Wildman–Crippen LogP) is -0.221. The molecule has 3 aliphatic rings. The van der Waals surface area contributed by atoms with Gasteiger partial charge in [-0.1, -0.05) is 17.7 Å². The van der Waals surface area contributed by atoms with E-state index in [2.05, 4.69) is 22.2 Å². The second-order valence-corrected chi connectivity index (χ2v) is 6.21. The van der Waals surface area contributed by atoms with E-state index in [-0.39, 0.29) is 30.3 Å². The zero-order valence-electron chi connectivity index (χ0n) is 12.1. The van der Waals surface area contributed by atoms with Crippen LogP contribution in [0.2, 0.25) is 0 Å². The van der Waals surface area contributed by atoms with Crippen molar-refractivity contribution in [3.8, 4) is 0 Å². The topological polar surface area (TPSA) is 73.5 Å². The highest BCUT2D eigenvalue weighted by Crippen LogP contribution is 2.50. The second-order valence-electron chi connectivity index (χ2n) is 6.21. The molecule has 0 saturated carbocycles. The van der Waals surface area contributed by atoms with E-state index < -0.39 is 5.41 Å². The predicted molar refractivity (Wildman–Crippen MR) is 77.4 cm³/mol. The number of benzene rings is 1. The normalized spacial score (nSPS) is 34.1. The summed E-state index contributed by atoms with van der Waals surface area (Å²) < 4.78 is 0. The Morgan fingerprint density at radius 2 is 2.14 bits per heavy atom. The first-order chi connectivity index (χ1) is 10.0. The number of nitrogens with one attached hydrogen (secondary N) is 3. The number of fused-ring (bicyclic) bond motifs is 4. The molecule has 21 heavy (non-hydrogen) atoms. The number of hydrazine groups is 1. The molecule has 0 aromatic heterocycles. The number of aryl methyl sites for hydroxylation is 1. The van der Waals surface area contributed by atoms with Gasteiger partial charge < -0.3 is 10.2 Å². The number of hydrogen-bond donors (Lipinski definition) is 3. The van der Waals surface area contributed by atoms with Crippen molar-refractivity contribution < 1.29 is 9.59 Å². The molecule has 4 rings (SSSR count). The number of carbonyl (C=O) groups is 2. The van der Waals surface area contributed by atoms with Crippen LogP contribution in [-0.4, -0.2) is 31.6 Å². The lowest BCUT2D eigenvalue weighted by atomic mass is 9.65. The summed E-state index contributed by atoms with van der Waals surface area (Å²) >= 11 is 0. The third-order valence-corrected chi connectivity index (χ3v) is 5.05. The number of carbonyl (C=O) groups excluding carboxylic acids is 2. The summed E-state index contributed by atoms with van der Waals surface area (Å²) in [4.78, 5) is 26.9. The van der Waals surface area contributed by atoms with Crippen molar-refractivity contribution in [3.05, 3.63) is 29.3 Å². The molecule has 1 aromatic rings. The molecular weight excluding hydrogens is 268 g/mol. The molecule has 1 spiro atoms. The van der Waals surface area contributed by atoms with Crippen LogP contribution in [0.1, 0.15) is 17.5 Å². The average molecular weight is 286 g/mol. The minimum absolute atomic E-state index is 0.0215. The zero-order valence-corrected chi connectivity index (χ0v) is 12.1. The third-order valence-electron chi connectivity index (χ3n) is 5.05. The minimum atomic E-state index is -0.750. The van der Waals surface area contributed by atoms with Gasteiger partial charge in [-0.2, -0.15) is 0 Å². The Labute approximate surface area is 122 Å². The van der Waals surface area contributed by atoms with Crippen molar-refractivity contribution in [2.75, 3.05) is 18.5 Å². The quantitative estimate of drug-likeness (QED) is 0.616. The number of piperidine rings is 1. The number of hydrogen-bond acceptors (Lipinski definition) is 4. The van der Waals surface area contributed by atoms with Crippen LogP contribution in [0.3, 0.4) is 0 Å². The van der Waals surface area contributed by atoms with Crippen molar-refractivity contribution in [2.24, 2.45) is 5.92 Å². The van der Waals surface area contributed by atoms with Crippen LogP contribution in [-0.2, 0) is 15.0 Å². The summed E-state index contributed by atoms with van der Waals surface area (Å²) in [5.74, 6) is -0.0322. The van der Waals surface area contributed by atoms with E-state index >= 15 is 0 Å². The molecule has 0 bridgehead atoms. The lowest BCUT2D eigenvalue weighted by Gasteiger charge is -2.40. The Morgan fingerprint density at radius 1 is 1.33 bits per heavy atom. The number of nitrogens with zero attached hydrogens (tertiary/aromatic N) is 1. The highest BCUT2D eigenvalue weighted by Gasteiger charge is 2.61. The average Bonchev–Trinajstić information content (AvgIpc) is 2.99. The van der Waals surface area contributed by atoms with E-state index in [9.17, 15) is 9.59 Å². The first-order valence-corrected chi connectivity index (χ1v) is 7.21. The van der Waals surface area contributed by atoms with Crippen LogP contribution in [0.15, 0.2) is 18.2 Å².